The van der Waals surface area contributed by atoms with Crippen LogP contribution in [0, 0.1) is 0 Å². The van der Waals surface area contributed by atoms with Crippen molar-refractivity contribution in [1.82, 2.24) is 9.88 Å². The standard InChI is InChI=1S/C9H13N3O2S.2ClH/c1-11-2-4-12(5-3-11)9-10-6-7(15-9)8(13)14;;/h6H,2-5H2,1H3,(H,13,14);2*1H. The van der Waals surface area contributed by atoms with Crippen LogP contribution in [0.2, 0.25) is 0 Å². The number of aromatic nitrogens is 1. The van der Waals surface area contributed by atoms with Gasteiger partial charge in [0.1, 0.15) is 4.88 Å². The number of likely N-dealkylation sites (N-methyl/N-ethyl adjacent to an activating group) is 1. The number of nitrogens with zero attached hydrogens (tertiary/aromatic N) is 3. The maximum atomic E-state index is 10.7. The Kier molecular flexibility index (Phi) is 6.77. The molecular weight excluding hydrogens is 285 g/mol. The van der Waals surface area contributed by atoms with Crippen LogP contribution in [0.1, 0.15) is 9.67 Å². The minimum atomic E-state index is -0.895. The van der Waals surface area contributed by atoms with Gasteiger partial charge in [-0.3, -0.25) is 0 Å². The number of rotatable bonds is 2. The van der Waals surface area contributed by atoms with Gasteiger partial charge in [-0.25, -0.2) is 9.78 Å². The highest BCUT2D eigenvalue weighted by atomic mass is 35.5. The lowest BCUT2D eigenvalue weighted by molar-refractivity contribution is 0.0702. The lowest BCUT2D eigenvalue weighted by Crippen LogP contribution is -2.44. The molecule has 98 valence electrons. The first-order valence-electron chi connectivity index (χ1n) is 4.79. The Hall–Kier alpha value is -0.560. The molecule has 1 aromatic heterocycles. The molecular formula is C9H15Cl2N3O2S. The predicted octanol–water partition coefficient (Wildman–Crippen LogP) is 1.44. The van der Waals surface area contributed by atoms with Crippen LogP contribution in [0.4, 0.5) is 5.13 Å². The van der Waals surface area contributed by atoms with Gasteiger partial charge in [-0.2, -0.15) is 0 Å². The topological polar surface area (TPSA) is 56.7 Å². The Morgan fingerprint density at radius 1 is 1.35 bits per heavy atom. The summed E-state index contributed by atoms with van der Waals surface area (Å²) in [6.07, 6.45) is 1.43. The fourth-order valence-corrected chi connectivity index (χ4v) is 2.31. The molecule has 0 unspecified atom stereocenters. The van der Waals surface area contributed by atoms with Crippen LogP contribution in [0.15, 0.2) is 6.20 Å². The second-order valence-corrected chi connectivity index (χ2v) is 4.61. The van der Waals surface area contributed by atoms with Gasteiger partial charge in [0.05, 0.1) is 6.20 Å². The van der Waals surface area contributed by atoms with Crippen molar-refractivity contribution in [2.45, 2.75) is 0 Å². The molecule has 0 saturated carbocycles. The van der Waals surface area contributed by atoms with Gasteiger partial charge in [-0.15, -0.1) is 24.8 Å². The lowest BCUT2D eigenvalue weighted by Gasteiger charge is -2.31. The van der Waals surface area contributed by atoms with Gasteiger partial charge in [0.15, 0.2) is 5.13 Å². The average Bonchev–Trinajstić information content (AvgIpc) is 2.68. The monoisotopic (exact) mass is 299 g/mol. The quantitative estimate of drug-likeness (QED) is 0.895. The molecule has 2 rings (SSSR count). The highest BCUT2D eigenvalue weighted by Crippen LogP contribution is 2.23. The normalized spacial score (nSPS) is 15.9. The van der Waals surface area contributed by atoms with Crippen LogP contribution < -0.4 is 4.90 Å². The number of piperazine rings is 1. The number of anilines is 1. The molecule has 0 aromatic carbocycles. The second-order valence-electron chi connectivity index (χ2n) is 3.60. The SMILES string of the molecule is CN1CCN(c2ncc(C(=O)O)s2)CC1.Cl.Cl. The molecule has 1 N–H and O–H groups in total. The molecule has 5 nitrogen and oxygen atoms in total. The fourth-order valence-electron chi connectivity index (χ4n) is 1.51. The number of thiazole rings is 1. The molecule has 0 amide bonds. The van der Waals surface area contributed by atoms with E-state index in [2.05, 4.69) is 21.8 Å². The summed E-state index contributed by atoms with van der Waals surface area (Å²) >= 11 is 1.25. The smallest absolute Gasteiger partial charge is 0.347 e. The summed E-state index contributed by atoms with van der Waals surface area (Å²) in [4.78, 5) is 19.5. The molecule has 1 fully saturated rings. The van der Waals surface area contributed by atoms with E-state index < -0.39 is 5.97 Å². The van der Waals surface area contributed by atoms with Crippen molar-refractivity contribution in [2.75, 3.05) is 38.1 Å². The molecule has 0 atom stereocenters. The second kappa shape index (κ2) is 7.00. The molecule has 8 heteroatoms. The minimum Gasteiger partial charge on any atom is -0.477 e. The number of halogens is 2. The van der Waals surface area contributed by atoms with Crippen LogP contribution in [0.5, 0.6) is 0 Å². The van der Waals surface area contributed by atoms with Gasteiger partial charge >= 0.3 is 5.97 Å². The van der Waals surface area contributed by atoms with Crippen molar-refractivity contribution in [1.29, 1.82) is 0 Å². The molecule has 0 spiro atoms. The van der Waals surface area contributed by atoms with E-state index in [4.69, 9.17) is 5.11 Å². The van der Waals surface area contributed by atoms with Crippen LogP contribution in [0.3, 0.4) is 0 Å². The van der Waals surface area contributed by atoms with Crippen molar-refractivity contribution in [3.05, 3.63) is 11.1 Å². The van der Waals surface area contributed by atoms with E-state index in [1.807, 2.05) is 0 Å². The minimum absolute atomic E-state index is 0. The summed E-state index contributed by atoms with van der Waals surface area (Å²) in [6, 6.07) is 0. The Morgan fingerprint density at radius 2 is 1.94 bits per heavy atom. The molecule has 0 bridgehead atoms. The van der Waals surface area contributed by atoms with Crippen molar-refractivity contribution < 1.29 is 9.90 Å². The van der Waals surface area contributed by atoms with Crippen LogP contribution in [0.25, 0.3) is 0 Å². The van der Waals surface area contributed by atoms with E-state index in [-0.39, 0.29) is 24.8 Å². The molecule has 0 radical (unpaired) electrons. The molecule has 0 aliphatic carbocycles. The number of aromatic carboxylic acids is 1. The van der Waals surface area contributed by atoms with E-state index >= 15 is 0 Å². The summed E-state index contributed by atoms with van der Waals surface area (Å²) < 4.78 is 0. The predicted molar refractivity (Wildman–Crippen MR) is 73.3 cm³/mol. The summed E-state index contributed by atoms with van der Waals surface area (Å²) in [7, 11) is 2.09. The first-order chi connectivity index (χ1) is 7.16. The summed E-state index contributed by atoms with van der Waals surface area (Å²) in [5, 5.41) is 9.60. The van der Waals surface area contributed by atoms with E-state index in [9.17, 15) is 4.79 Å². The number of carboxylic acid groups (broad SMARTS) is 1. The summed E-state index contributed by atoms with van der Waals surface area (Å²) in [6.45, 7) is 3.84. The molecule has 1 aromatic rings. The Morgan fingerprint density at radius 3 is 2.41 bits per heavy atom. The number of carboxylic acids is 1. The van der Waals surface area contributed by atoms with Crippen LogP contribution in [-0.2, 0) is 0 Å². The van der Waals surface area contributed by atoms with E-state index in [1.54, 1.807) is 0 Å². The zero-order valence-corrected chi connectivity index (χ0v) is 11.8. The third kappa shape index (κ3) is 3.99. The van der Waals surface area contributed by atoms with Gasteiger partial charge in [0.2, 0.25) is 0 Å². The molecule has 1 aliphatic rings. The highest BCUT2D eigenvalue weighted by Gasteiger charge is 2.18. The van der Waals surface area contributed by atoms with Gasteiger partial charge < -0.3 is 14.9 Å². The zero-order valence-electron chi connectivity index (χ0n) is 9.33. The third-order valence-electron chi connectivity index (χ3n) is 2.48. The molecule has 1 saturated heterocycles. The molecule has 1 aliphatic heterocycles. The van der Waals surface area contributed by atoms with E-state index in [1.165, 1.54) is 17.5 Å². The first-order valence-corrected chi connectivity index (χ1v) is 5.61. The maximum absolute atomic E-state index is 10.7. The Bertz CT molecular complexity index is 367. The average molecular weight is 300 g/mol. The Balaban J connectivity index is 0.00000128. The fraction of sp³-hybridized carbons (Fsp3) is 0.556. The summed E-state index contributed by atoms with van der Waals surface area (Å²) in [5.41, 5.74) is 0. The molecule has 17 heavy (non-hydrogen) atoms. The number of hydrogen-bond donors (Lipinski definition) is 1. The van der Waals surface area contributed by atoms with Gasteiger partial charge in [0.25, 0.3) is 0 Å². The summed E-state index contributed by atoms with van der Waals surface area (Å²) in [5.74, 6) is -0.895. The van der Waals surface area contributed by atoms with E-state index in [0.717, 1.165) is 31.3 Å². The van der Waals surface area contributed by atoms with Gasteiger partial charge in [0, 0.05) is 26.2 Å². The Labute approximate surface area is 116 Å². The zero-order chi connectivity index (χ0) is 10.8. The lowest BCUT2D eigenvalue weighted by atomic mass is 10.3. The largest absolute Gasteiger partial charge is 0.477 e. The van der Waals surface area contributed by atoms with E-state index in [0.29, 0.717) is 4.88 Å². The van der Waals surface area contributed by atoms with Crippen LogP contribution >= 0.6 is 36.2 Å². The van der Waals surface area contributed by atoms with Crippen molar-refractivity contribution >= 4 is 47.3 Å². The first kappa shape index (κ1) is 16.4. The van der Waals surface area contributed by atoms with Gasteiger partial charge in [-0.05, 0) is 7.05 Å². The van der Waals surface area contributed by atoms with Crippen molar-refractivity contribution in [2.24, 2.45) is 0 Å². The number of carbonyl (C=O) groups is 1. The van der Waals surface area contributed by atoms with Crippen molar-refractivity contribution in [3.63, 3.8) is 0 Å². The van der Waals surface area contributed by atoms with Crippen LogP contribution in [-0.4, -0.2) is 54.2 Å². The third-order valence-corrected chi connectivity index (χ3v) is 3.52. The maximum Gasteiger partial charge on any atom is 0.347 e. The van der Waals surface area contributed by atoms with Gasteiger partial charge in [-0.1, -0.05) is 11.3 Å². The molecule has 2 heterocycles. The highest BCUT2D eigenvalue weighted by molar-refractivity contribution is 7.17. The van der Waals surface area contributed by atoms with Crippen molar-refractivity contribution in [3.8, 4) is 0 Å². The number of hydrogen-bond acceptors (Lipinski definition) is 5.